The van der Waals surface area contributed by atoms with E-state index in [0.717, 1.165) is 0 Å². The topological polar surface area (TPSA) is 60.5 Å². The Labute approximate surface area is 86.7 Å². The fourth-order valence-corrected chi connectivity index (χ4v) is 1.17. The molecule has 0 aliphatic carbocycles. The molecule has 1 N–H and O–H groups in total. The number of rotatable bonds is 2. The summed E-state index contributed by atoms with van der Waals surface area (Å²) in [6.45, 7) is 2.06. The monoisotopic (exact) mass is 206 g/mol. The summed E-state index contributed by atoms with van der Waals surface area (Å²) >= 11 is 0. The average molecular weight is 206 g/mol. The Balaban J connectivity index is 2.16. The zero-order chi connectivity index (χ0) is 10.7. The maximum absolute atomic E-state index is 11.3. The van der Waals surface area contributed by atoms with Crippen molar-refractivity contribution in [1.82, 2.24) is 4.98 Å². The van der Waals surface area contributed by atoms with E-state index in [9.17, 15) is 4.79 Å². The van der Waals surface area contributed by atoms with Crippen molar-refractivity contribution < 1.29 is 14.3 Å². The van der Waals surface area contributed by atoms with Crippen LogP contribution in [-0.4, -0.2) is 17.6 Å². The molecule has 1 aliphatic rings. The van der Waals surface area contributed by atoms with Gasteiger partial charge in [-0.25, -0.2) is 9.78 Å². The molecule has 0 saturated carbocycles. The van der Waals surface area contributed by atoms with Crippen LogP contribution in [0.15, 0.2) is 30.3 Å². The predicted molar refractivity (Wildman–Crippen MR) is 53.2 cm³/mol. The second-order valence-electron chi connectivity index (χ2n) is 2.83. The van der Waals surface area contributed by atoms with Gasteiger partial charge in [0.15, 0.2) is 11.6 Å². The molecule has 1 aliphatic heterocycles. The fraction of sp³-hybridized carbons (Fsp3) is 0.200. The van der Waals surface area contributed by atoms with Crippen LogP contribution in [0.4, 0.5) is 5.82 Å². The lowest BCUT2D eigenvalue weighted by atomic mass is 10.3. The number of nitrogens with one attached hydrogen (secondary N) is 1. The summed E-state index contributed by atoms with van der Waals surface area (Å²) in [7, 11) is 0. The van der Waals surface area contributed by atoms with Crippen molar-refractivity contribution in [1.29, 1.82) is 0 Å². The third kappa shape index (κ3) is 1.90. The Kier molecular flexibility index (Phi) is 2.53. The minimum Gasteiger partial charge on any atom is -0.460 e. The first-order chi connectivity index (χ1) is 7.31. The van der Waals surface area contributed by atoms with E-state index in [1.54, 1.807) is 25.3 Å². The van der Waals surface area contributed by atoms with Gasteiger partial charge >= 0.3 is 5.97 Å². The molecular formula is C10H10N2O3. The number of pyridine rings is 1. The first-order valence-electron chi connectivity index (χ1n) is 4.58. The molecule has 0 aromatic carbocycles. The lowest BCUT2D eigenvalue weighted by Gasteiger charge is -2.16. The van der Waals surface area contributed by atoms with Crippen molar-refractivity contribution in [2.75, 3.05) is 11.9 Å². The maximum atomic E-state index is 11.3. The lowest BCUT2D eigenvalue weighted by Crippen LogP contribution is -2.18. The number of aromatic nitrogens is 1. The zero-order valence-corrected chi connectivity index (χ0v) is 8.19. The summed E-state index contributed by atoms with van der Waals surface area (Å²) in [5.74, 6) is 0.755. The number of nitrogens with zero attached hydrogens (tertiary/aromatic N) is 1. The van der Waals surface area contributed by atoms with Gasteiger partial charge in [-0.3, -0.25) is 0 Å². The summed E-state index contributed by atoms with van der Waals surface area (Å²) < 4.78 is 10.1. The minimum absolute atomic E-state index is 0.136. The number of hydrogen-bond acceptors (Lipinski definition) is 5. The van der Waals surface area contributed by atoms with Gasteiger partial charge in [-0.15, -0.1) is 0 Å². The number of ether oxygens (including phenoxy) is 2. The van der Waals surface area contributed by atoms with Crippen LogP contribution in [0.1, 0.15) is 6.92 Å². The molecule has 5 heteroatoms. The molecule has 0 atom stereocenters. The van der Waals surface area contributed by atoms with Crippen molar-refractivity contribution >= 4 is 11.8 Å². The van der Waals surface area contributed by atoms with Crippen molar-refractivity contribution in [3.05, 3.63) is 30.3 Å². The number of hydrogen-bond donors (Lipinski definition) is 1. The highest BCUT2D eigenvalue weighted by Gasteiger charge is 2.19. The number of fused-ring (bicyclic) bond motifs is 1. The highest BCUT2D eigenvalue weighted by Crippen LogP contribution is 2.26. The van der Waals surface area contributed by atoms with E-state index in [4.69, 9.17) is 9.47 Å². The SMILES string of the molecule is CCOC(=O)C1=CNc2ncccc2O1. The van der Waals surface area contributed by atoms with E-state index in [2.05, 4.69) is 10.3 Å². The standard InChI is InChI=1S/C10H10N2O3/c1-2-14-10(13)8-6-12-9-7(15-8)4-3-5-11-9/h3-6H,2H2,1H3,(H,11,12). The maximum Gasteiger partial charge on any atom is 0.375 e. The smallest absolute Gasteiger partial charge is 0.375 e. The Morgan fingerprint density at radius 1 is 1.67 bits per heavy atom. The third-order valence-corrected chi connectivity index (χ3v) is 1.81. The molecule has 0 spiro atoms. The molecule has 1 aromatic rings. The molecule has 0 radical (unpaired) electrons. The molecule has 0 unspecified atom stereocenters. The molecule has 2 heterocycles. The minimum atomic E-state index is -0.487. The second kappa shape index (κ2) is 4.00. The van der Waals surface area contributed by atoms with Crippen LogP contribution in [0.25, 0.3) is 0 Å². The molecular weight excluding hydrogens is 196 g/mol. The highest BCUT2D eigenvalue weighted by molar-refractivity contribution is 5.88. The summed E-state index contributed by atoms with van der Waals surface area (Å²) in [5.41, 5.74) is 0. The van der Waals surface area contributed by atoms with Gasteiger partial charge in [-0.1, -0.05) is 0 Å². The third-order valence-electron chi connectivity index (χ3n) is 1.81. The molecule has 15 heavy (non-hydrogen) atoms. The van der Waals surface area contributed by atoms with Gasteiger partial charge in [-0.2, -0.15) is 0 Å². The average Bonchev–Trinajstić information content (AvgIpc) is 2.29. The molecule has 78 valence electrons. The van der Waals surface area contributed by atoms with Gasteiger partial charge in [0.25, 0.3) is 0 Å². The van der Waals surface area contributed by atoms with Crippen molar-refractivity contribution in [2.24, 2.45) is 0 Å². The van der Waals surface area contributed by atoms with Crippen LogP contribution in [0.3, 0.4) is 0 Å². The van der Waals surface area contributed by atoms with E-state index in [1.165, 1.54) is 6.20 Å². The normalized spacial score (nSPS) is 13.0. The first kappa shape index (κ1) is 9.51. The van der Waals surface area contributed by atoms with Gasteiger partial charge < -0.3 is 14.8 Å². The number of esters is 1. The summed E-state index contributed by atoms with van der Waals surface area (Å²) in [4.78, 5) is 15.4. The Morgan fingerprint density at radius 2 is 2.53 bits per heavy atom. The van der Waals surface area contributed by atoms with Crippen LogP contribution in [0, 0.1) is 0 Å². The predicted octanol–water partition coefficient (Wildman–Crippen LogP) is 1.29. The van der Waals surface area contributed by atoms with E-state index < -0.39 is 5.97 Å². The number of carbonyl (C=O) groups is 1. The first-order valence-corrected chi connectivity index (χ1v) is 4.58. The Morgan fingerprint density at radius 3 is 3.33 bits per heavy atom. The van der Waals surface area contributed by atoms with Crippen LogP contribution >= 0.6 is 0 Å². The second-order valence-corrected chi connectivity index (χ2v) is 2.83. The quantitative estimate of drug-likeness (QED) is 0.739. The molecule has 5 nitrogen and oxygen atoms in total. The van der Waals surface area contributed by atoms with Crippen LogP contribution in [-0.2, 0) is 9.53 Å². The molecule has 0 fully saturated rings. The van der Waals surface area contributed by atoms with E-state index >= 15 is 0 Å². The molecule has 0 amide bonds. The van der Waals surface area contributed by atoms with E-state index in [0.29, 0.717) is 18.2 Å². The lowest BCUT2D eigenvalue weighted by molar-refractivity contribution is -0.141. The molecule has 2 rings (SSSR count). The number of anilines is 1. The summed E-state index contributed by atoms with van der Waals surface area (Å²) in [5, 5.41) is 2.85. The Bertz CT molecular complexity index is 415. The fourth-order valence-electron chi connectivity index (χ4n) is 1.17. The highest BCUT2D eigenvalue weighted by atomic mass is 16.6. The molecule has 0 saturated heterocycles. The summed E-state index contributed by atoms with van der Waals surface area (Å²) in [6, 6.07) is 3.45. The zero-order valence-electron chi connectivity index (χ0n) is 8.19. The number of carbonyl (C=O) groups excluding carboxylic acids is 1. The van der Waals surface area contributed by atoms with Gasteiger partial charge in [-0.05, 0) is 19.1 Å². The van der Waals surface area contributed by atoms with E-state index in [1.807, 2.05) is 0 Å². The van der Waals surface area contributed by atoms with Crippen molar-refractivity contribution in [3.63, 3.8) is 0 Å². The van der Waals surface area contributed by atoms with Gasteiger partial charge in [0, 0.05) is 6.20 Å². The van der Waals surface area contributed by atoms with E-state index in [-0.39, 0.29) is 5.76 Å². The Hall–Kier alpha value is -2.04. The van der Waals surface area contributed by atoms with Crippen LogP contribution < -0.4 is 10.1 Å². The van der Waals surface area contributed by atoms with Gasteiger partial charge in [0.1, 0.15) is 0 Å². The van der Waals surface area contributed by atoms with Gasteiger partial charge in [0.2, 0.25) is 5.76 Å². The van der Waals surface area contributed by atoms with Crippen LogP contribution in [0.2, 0.25) is 0 Å². The van der Waals surface area contributed by atoms with Gasteiger partial charge in [0.05, 0.1) is 12.8 Å². The van der Waals surface area contributed by atoms with Crippen LogP contribution in [0.5, 0.6) is 5.75 Å². The molecule has 0 bridgehead atoms. The molecule has 1 aromatic heterocycles. The summed E-state index contributed by atoms with van der Waals surface area (Å²) in [6.07, 6.45) is 3.08. The van der Waals surface area contributed by atoms with Crippen molar-refractivity contribution in [3.8, 4) is 5.75 Å². The van der Waals surface area contributed by atoms with Crippen molar-refractivity contribution in [2.45, 2.75) is 6.92 Å². The largest absolute Gasteiger partial charge is 0.460 e.